The Morgan fingerprint density at radius 1 is 1.43 bits per heavy atom. The van der Waals surface area contributed by atoms with Gasteiger partial charge >= 0.3 is 0 Å². The van der Waals surface area contributed by atoms with Crippen molar-refractivity contribution in [2.45, 2.75) is 18.6 Å². The van der Waals surface area contributed by atoms with Gasteiger partial charge in [0, 0.05) is 35.8 Å². The van der Waals surface area contributed by atoms with Crippen LogP contribution >= 0.6 is 35.6 Å². The van der Waals surface area contributed by atoms with Gasteiger partial charge in [-0.2, -0.15) is 0 Å². The van der Waals surface area contributed by atoms with E-state index in [0.717, 1.165) is 0 Å². The first-order chi connectivity index (χ1) is 9.49. The summed E-state index contributed by atoms with van der Waals surface area (Å²) in [4.78, 5) is 11.7. The fourth-order valence-corrected chi connectivity index (χ4v) is 2.33. The summed E-state index contributed by atoms with van der Waals surface area (Å²) >= 11 is 12.0. The number of nitrogens with one attached hydrogen (secondary N) is 1. The Kier molecular flexibility index (Phi) is 9.94. The summed E-state index contributed by atoms with van der Waals surface area (Å²) in [5, 5.41) is 13.3. The number of carbonyl (C=O) groups is 1. The van der Waals surface area contributed by atoms with Crippen LogP contribution in [0.5, 0.6) is 0 Å². The van der Waals surface area contributed by atoms with Crippen molar-refractivity contribution in [2.24, 2.45) is 5.73 Å². The molecule has 1 rings (SSSR count). The third-order valence-corrected chi connectivity index (χ3v) is 3.49. The number of hydrogen-bond donors (Lipinski definition) is 3. The second-order valence-corrected chi connectivity index (χ2v) is 5.07. The highest BCUT2D eigenvalue weighted by molar-refractivity contribution is 6.36. The zero-order valence-electron chi connectivity index (χ0n) is 11.5. The highest BCUT2D eigenvalue weighted by atomic mass is 35.5. The summed E-state index contributed by atoms with van der Waals surface area (Å²) in [7, 11) is 1.49. The van der Waals surface area contributed by atoms with Gasteiger partial charge in [-0.15, -0.1) is 12.4 Å². The van der Waals surface area contributed by atoms with E-state index < -0.39 is 6.10 Å². The van der Waals surface area contributed by atoms with E-state index in [2.05, 4.69) is 5.32 Å². The highest BCUT2D eigenvalue weighted by Gasteiger charge is 2.17. The Bertz CT molecular complexity index is 436. The number of aliphatic hydroxyl groups is 1. The van der Waals surface area contributed by atoms with Crippen LogP contribution in [0.1, 0.15) is 18.1 Å². The molecule has 120 valence electrons. The van der Waals surface area contributed by atoms with Crippen molar-refractivity contribution in [1.29, 1.82) is 0 Å². The van der Waals surface area contributed by atoms with Crippen LogP contribution in [0.15, 0.2) is 18.2 Å². The molecule has 21 heavy (non-hydrogen) atoms. The van der Waals surface area contributed by atoms with Gasteiger partial charge in [-0.1, -0.05) is 29.3 Å². The molecule has 1 aromatic carbocycles. The first kappa shape index (κ1) is 20.4. The number of hydrogen-bond acceptors (Lipinski definition) is 4. The van der Waals surface area contributed by atoms with Gasteiger partial charge in [0.15, 0.2) is 0 Å². The largest absolute Gasteiger partial charge is 0.386 e. The Hall–Kier alpha value is -0.560. The van der Waals surface area contributed by atoms with Gasteiger partial charge in [0.05, 0.1) is 18.6 Å². The molecule has 0 aliphatic carbocycles. The lowest BCUT2D eigenvalue weighted by molar-refractivity contribution is -0.123. The van der Waals surface area contributed by atoms with Crippen LogP contribution in [-0.4, -0.2) is 37.3 Å². The molecule has 5 nitrogen and oxygen atoms in total. The minimum Gasteiger partial charge on any atom is -0.386 e. The predicted molar refractivity (Wildman–Crippen MR) is 86.1 cm³/mol. The molecular weight excluding hydrogens is 339 g/mol. The third-order valence-electron chi connectivity index (χ3n) is 2.83. The Morgan fingerprint density at radius 3 is 2.48 bits per heavy atom. The van der Waals surface area contributed by atoms with Crippen LogP contribution in [0, 0.1) is 0 Å². The van der Waals surface area contributed by atoms with E-state index in [1.54, 1.807) is 18.2 Å². The minimum atomic E-state index is -0.973. The fraction of sp³-hybridized carbons (Fsp3) is 0.462. The lowest BCUT2D eigenvalue weighted by Crippen LogP contribution is -2.34. The maximum absolute atomic E-state index is 11.7. The molecular formula is C13H19Cl3N2O3. The number of methoxy groups -OCH3 is 1. The Labute approximate surface area is 140 Å². The van der Waals surface area contributed by atoms with Crippen LogP contribution in [0.4, 0.5) is 0 Å². The van der Waals surface area contributed by atoms with Crippen LogP contribution in [-0.2, 0) is 9.53 Å². The number of aliphatic hydroxyl groups excluding tert-OH is 1. The van der Waals surface area contributed by atoms with Crippen molar-refractivity contribution in [3.05, 3.63) is 33.8 Å². The van der Waals surface area contributed by atoms with Gasteiger partial charge in [0.25, 0.3) is 0 Å². The molecule has 0 radical (unpaired) electrons. The van der Waals surface area contributed by atoms with Gasteiger partial charge in [0.1, 0.15) is 0 Å². The smallest absolute Gasteiger partial charge is 0.222 e. The number of amides is 1. The second-order valence-electron chi connectivity index (χ2n) is 4.25. The lowest BCUT2D eigenvalue weighted by Gasteiger charge is -2.17. The average molecular weight is 358 g/mol. The van der Waals surface area contributed by atoms with Crippen molar-refractivity contribution < 1.29 is 14.6 Å². The van der Waals surface area contributed by atoms with Crippen LogP contribution in [0.2, 0.25) is 10.0 Å². The molecule has 2 unspecified atom stereocenters. The third kappa shape index (κ3) is 6.38. The summed E-state index contributed by atoms with van der Waals surface area (Å²) in [6.45, 7) is 0.270. The van der Waals surface area contributed by atoms with E-state index in [1.165, 1.54) is 7.11 Å². The molecule has 0 bridgehead atoms. The van der Waals surface area contributed by atoms with E-state index in [-0.39, 0.29) is 43.9 Å². The molecule has 0 spiro atoms. The number of carbonyl (C=O) groups excluding carboxylic acids is 1. The van der Waals surface area contributed by atoms with Crippen LogP contribution < -0.4 is 11.1 Å². The van der Waals surface area contributed by atoms with Gasteiger partial charge in [-0.3, -0.25) is 4.79 Å². The SMILES string of the molecule is COC(CN)CC(=O)NCC(O)c1c(Cl)cccc1Cl.Cl. The zero-order chi connectivity index (χ0) is 15.1. The summed E-state index contributed by atoms with van der Waals surface area (Å²) in [6.07, 6.45) is -1.18. The molecule has 1 amide bonds. The van der Waals surface area contributed by atoms with Crippen LogP contribution in [0.25, 0.3) is 0 Å². The molecule has 1 aromatic rings. The lowest BCUT2D eigenvalue weighted by atomic mass is 10.1. The normalized spacial score (nSPS) is 13.2. The quantitative estimate of drug-likeness (QED) is 0.696. The van der Waals surface area contributed by atoms with Crippen LogP contribution in [0.3, 0.4) is 0 Å². The number of benzene rings is 1. The van der Waals surface area contributed by atoms with Gasteiger partial charge < -0.3 is 20.9 Å². The molecule has 2 atom stereocenters. The topological polar surface area (TPSA) is 84.6 Å². The molecule has 0 saturated heterocycles. The predicted octanol–water partition coefficient (Wildman–Crippen LogP) is 1.93. The number of halogens is 3. The first-order valence-corrected chi connectivity index (χ1v) is 6.86. The van der Waals surface area contributed by atoms with Crippen molar-refractivity contribution >= 4 is 41.5 Å². The van der Waals surface area contributed by atoms with E-state index in [4.69, 9.17) is 33.7 Å². The van der Waals surface area contributed by atoms with Gasteiger partial charge in [-0.05, 0) is 12.1 Å². The molecule has 0 heterocycles. The van der Waals surface area contributed by atoms with Gasteiger partial charge in [-0.25, -0.2) is 0 Å². The van der Waals surface area contributed by atoms with Crippen molar-refractivity contribution in [3.63, 3.8) is 0 Å². The summed E-state index contributed by atoms with van der Waals surface area (Å²) in [6, 6.07) is 4.94. The summed E-state index contributed by atoms with van der Waals surface area (Å²) in [5.41, 5.74) is 5.83. The molecule has 4 N–H and O–H groups in total. The fourth-order valence-electron chi connectivity index (χ4n) is 1.68. The second kappa shape index (κ2) is 10.2. The summed E-state index contributed by atoms with van der Waals surface area (Å²) in [5.74, 6) is -0.260. The molecule has 0 aromatic heterocycles. The number of rotatable bonds is 7. The summed E-state index contributed by atoms with van der Waals surface area (Å²) < 4.78 is 5.01. The number of nitrogens with two attached hydrogens (primary N) is 1. The van der Waals surface area contributed by atoms with Crippen molar-refractivity contribution in [1.82, 2.24) is 5.32 Å². The zero-order valence-corrected chi connectivity index (χ0v) is 13.8. The monoisotopic (exact) mass is 356 g/mol. The molecule has 8 heteroatoms. The van der Waals surface area contributed by atoms with Crippen molar-refractivity contribution in [3.8, 4) is 0 Å². The van der Waals surface area contributed by atoms with E-state index >= 15 is 0 Å². The molecule has 0 aliphatic heterocycles. The maximum Gasteiger partial charge on any atom is 0.222 e. The average Bonchev–Trinajstić information content (AvgIpc) is 2.42. The minimum absolute atomic E-state index is 0. The van der Waals surface area contributed by atoms with E-state index in [0.29, 0.717) is 15.6 Å². The molecule has 0 aliphatic rings. The molecule has 0 fully saturated rings. The molecule has 0 saturated carbocycles. The highest BCUT2D eigenvalue weighted by Crippen LogP contribution is 2.29. The number of ether oxygens (including phenoxy) is 1. The van der Waals surface area contributed by atoms with E-state index in [9.17, 15) is 9.90 Å². The van der Waals surface area contributed by atoms with Gasteiger partial charge in [0.2, 0.25) is 5.91 Å². The van der Waals surface area contributed by atoms with E-state index in [1.807, 2.05) is 0 Å². The van der Waals surface area contributed by atoms with Crippen molar-refractivity contribution in [2.75, 3.05) is 20.2 Å². The first-order valence-electron chi connectivity index (χ1n) is 6.11. The standard InChI is InChI=1S/C13H18Cl2N2O3.ClH/c1-20-8(6-16)5-12(19)17-7-11(18)13-9(14)3-2-4-10(13)15;/h2-4,8,11,18H,5-7,16H2,1H3,(H,17,19);1H. The Morgan fingerprint density at radius 2 is 2.00 bits per heavy atom. The Balaban J connectivity index is 0.00000400. The maximum atomic E-state index is 11.7.